The van der Waals surface area contributed by atoms with Gasteiger partial charge in [-0.3, -0.25) is 0 Å². The van der Waals surface area contributed by atoms with Gasteiger partial charge in [-0.05, 0) is 18.6 Å². The lowest BCUT2D eigenvalue weighted by Gasteiger charge is -2.06. The zero-order valence-electron chi connectivity index (χ0n) is 9.13. The van der Waals surface area contributed by atoms with Gasteiger partial charge >= 0.3 is 0 Å². The summed E-state index contributed by atoms with van der Waals surface area (Å²) in [6.07, 6.45) is 2.43. The maximum absolute atomic E-state index is 5.76. The van der Waals surface area contributed by atoms with Crippen LogP contribution in [0.3, 0.4) is 0 Å². The fourth-order valence-corrected chi connectivity index (χ4v) is 1.52. The fraction of sp³-hybridized carbons (Fsp3) is 0.667. The first-order chi connectivity index (χ1) is 6.15. The molecule has 74 valence electrons. The summed E-state index contributed by atoms with van der Waals surface area (Å²) in [7, 11) is 0. The molecule has 13 heavy (non-hydrogen) atoms. The Labute approximate surface area is 81.1 Å². The Kier molecular flexibility index (Phi) is 3.58. The number of rotatable bonds is 4. The van der Waals surface area contributed by atoms with E-state index in [4.69, 9.17) is 4.42 Å². The molecule has 0 N–H and O–H groups in total. The molecular formula is C12H20O. The van der Waals surface area contributed by atoms with Gasteiger partial charge in [0.05, 0.1) is 0 Å². The Balaban J connectivity index is 2.67. The highest BCUT2D eigenvalue weighted by Gasteiger charge is 2.10. The molecule has 0 saturated heterocycles. The Hall–Kier alpha value is -0.720. The second-order valence-electron chi connectivity index (χ2n) is 4.08. The molecule has 1 aromatic rings. The third-order valence-corrected chi connectivity index (χ3v) is 2.42. The molecule has 0 amide bonds. The molecule has 0 bridgehead atoms. The molecule has 1 heterocycles. The van der Waals surface area contributed by atoms with Crippen molar-refractivity contribution in [1.82, 2.24) is 0 Å². The van der Waals surface area contributed by atoms with Gasteiger partial charge in [-0.1, -0.05) is 34.1 Å². The van der Waals surface area contributed by atoms with Crippen LogP contribution < -0.4 is 0 Å². The summed E-state index contributed by atoms with van der Waals surface area (Å²) in [5.74, 6) is 3.32. The van der Waals surface area contributed by atoms with Gasteiger partial charge in [-0.2, -0.15) is 0 Å². The molecule has 0 saturated carbocycles. The van der Waals surface area contributed by atoms with Crippen molar-refractivity contribution in [2.45, 2.75) is 52.4 Å². The third-order valence-electron chi connectivity index (χ3n) is 2.42. The smallest absolute Gasteiger partial charge is 0.106 e. The minimum atomic E-state index is 0.502. The lowest BCUT2D eigenvalue weighted by molar-refractivity contribution is 0.415. The number of hydrogen-bond acceptors (Lipinski definition) is 1. The van der Waals surface area contributed by atoms with E-state index in [2.05, 4.69) is 39.8 Å². The summed E-state index contributed by atoms with van der Waals surface area (Å²) in [5.41, 5.74) is 0. The highest BCUT2D eigenvalue weighted by atomic mass is 16.3. The summed E-state index contributed by atoms with van der Waals surface area (Å²) < 4.78 is 5.76. The van der Waals surface area contributed by atoms with E-state index in [9.17, 15) is 0 Å². The highest BCUT2D eigenvalue weighted by Crippen LogP contribution is 2.25. The Morgan fingerprint density at radius 3 is 2.23 bits per heavy atom. The van der Waals surface area contributed by atoms with Crippen molar-refractivity contribution in [2.24, 2.45) is 0 Å². The molecule has 0 spiro atoms. The van der Waals surface area contributed by atoms with Crippen LogP contribution in [0.15, 0.2) is 16.5 Å². The van der Waals surface area contributed by atoms with Crippen LogP contribution in [-0.4, -0.2) is 0 Å². The van der Waals surface area contributed by atoms with E-state index in [-0.39, 0.29) is 0 Å². The van der Waals surface area contributed by atoms with Crippen molar-refractivity contribution in [2.75, 3.05) is 0 Å². The molecule has 0 radical (unpaired) electrons. The predicted octanol–water partition coefficient (Wildman–Crippen LogP) is 4.31. The minimum Gasteiger partial charge on any atom is -0.466 e. The molecule has 1 aromatic heterocycles. The summed E-state index contributed by atoms with van der Waals surface area (Å²) in [6, 6.07) is 4.22. The van der Waals surface area contributed by atoms with E-state index in [0.29, 0.717) is 11.8 Å². The first-order valence-corrected chi connectivity index (χ1v) is 5.24. The average molecular weight is 180 g/mol. The van der Waals surface area contributed by atoms with E-state index < -0.39 is 0 Å². The molecule has 1 heteroatoms. The van der Waals surface area contributed by atoms with E-state index in [1.54, 1.807) is 0 Å². The largest absolute Gasteiger partial charge is 0.466 e. The molecule has 0 fully saturated rings. The maximum Gasteiger partial charge on any atom is 0.106 e. The van der Waals surface area contributed by atoms with Crippen molar-refractivity contribution in [3.63, 3.8) is 0 Å². The predicted molar refractivity (Wildman–Crippen MR) is 56.1 cm³/mol. The quantitative estimate of drug-likeness (QED) is 0.673. The van der Waals surface area contributed by atoms with Crippen molar-refractivity contribution < 1.29 is 4.42 Å². The second kappa shape index (κ2) is 4.50. The minimum absolute atomic E-state index is 0.502. The van der Waals surface area contributed by atoms with E-state index in [1.165, 1.54) is 12.8 Å². The van der Waals surface area contributed by atoms with Crippen LogP contribution in [0.4, 0.5) is 0 Å². The van der Waals surface area contributed by atoms with Crippen molar-refractivity contribution in [1.29, 1.82) is 0 Å². The lowest BCUT2D eigenvalue weighted by Crippen LogP contribution is -1.89. The van der Waals surface area contributed by atoms with E-state index in [0.717, 1.165) is 11.5 Å². The highest BCUT2D eigenvalue weighted by molar-refractivity contribution is 5.12. The zero-order valence-corrected chi connectivity index (χ0v) is 9.13. The zero-order chi connectivity index (χ0) is 9.84. The van der Waals surface area contributed by atoms with Crippen LogP contribution in [0.2, 0.25) is 0 Å². The topological polar surface area (TPSA) is 13.1 Å². The SMILES string of the molecule is CCCC(C)c1ccc(C(C)C)o1. The van der Waals surface area contributed by atoms with E-state index in [1.807, 2.05) is 0 Å². The van der Waals surface area contributed by atoms with Gasteiger partial charge in [-0.25, -0.2) is 0 Å². The van der Waals surface area contributed by atoms with Crippen LogP contribution in [0.25, 0.3) is 0 Å². The monoisotopic (exact) mass is 180 g/mol. The molecular weight excluding hydrogens is 160 g/mol. The standard InChI is InChI=1S/C12H20O/c1-5-6-10(4)12-8-7-11(13-12)9(2)3/h7-10H,5-6H2,1-4H3. The molecule has 1 unspecified atom stereocenters. The number of hydrogen-bond donors (Lipinski definition) is 0. The number of furan rings is 1. The molecule has 0 aromatic carbocycles. The van der Waals surface area contributed by atoms with Gasteiger partial charge in [0.15, 0.2) is 0 Å². The Morgan fingerprint density at radius 1 is 1.15 bits per heavy atom. The summed E-state index contributed by atoms with van der Waals surface area (Å²) in [5, 5.41) is 0. The maximum atomic E-state index is 5.76. The molecule has 1 atom stereocenters. The van der Waals surface area contributed by atoms with Crippen LogP contribution in [0.1, 0.15) is 63.9 Å². The van der Waals surface area contributed by atoms with Crippen LogP contribution in [0, 0.1) is 0 Å². The van der Waals surface area contributed by atoms with Gasteiger partial charge in [0.1, 0.15) is 11.5 Å². The third kappa shape index (κ3) is 2.61. The Morgan fingerprint density at radius 2 is 1.77 bits per heavy atom. The van der Waals surface area contributed by atoms with Gasteiger partial charge in [0.2, 0.25) is 0 Å². The fourth-order valence-electron chi connectivity index (χ4n) is 1.52. The lowest BCUT2D eigenvalue weighted by atomic mass is 10.0. The van der Waals surface area contributed by atoms with Crippen LogP contribution >= 0.6 is 0 Å². The van der Waals surface area contributed by atoms with Gasteiger partial charge in [0.25, 0.3) is 0 Å². The average Bonchev–Trinajstić information content (AvgIpc) is 2.52. The molecule has 0 aliphatic rings. The Bertz CT molecular complexity index is 247. The first-order valence-electron chi connectivity index (χ1n) is 5.24. The molecule has 1 nitrogen and oxygen atoms in total. The van der Waals surface area contributed by atoms with Crippen molar-refractivity contribution >= 4 is 0 Å². The normalized spacial score (nSPS) is 13.6. The molecule has 0 aliphatic heterocycles. The van der Waals surface area contributed by atoms with Gasteiger partial charge in [-0.15, -0.1) is 0 Å². The van der Waals surface area contributed by atoms with Gasteiger partial charge < -0.3 is 4.42 Å². The van der Waals surface area contributed by atoms with Crippen molar-refractivity contribution in [3.05, 3.63) is 23.7 Å². The van der Waals surface area contributed by atoms with Crippen molar-refractivity contribution in [3.8, 4) is 0 Å². The molecule has 0 aliphatic carbocycles. The van der Waals surface area contributed by atoms with Crippen LogP contribution in [-0.2, 0) is 0 Å². The summed E-state index contributed by atoms with van der Waals surface area (Å²) in [6.45, 7) is 8.76. The summed E-state index contributed by atoms with van der Waals surface area (Å²) >= 11 is 0. The first kappa shape index (κ1) is 10.4. The van der Waals surface area contributed by atoms with E-state index >= 15 is 0 Å². The van der Waals surface area contributed by atoms with Gasteiger partial charge in [0, 0.05) is 11.8 Å². The molecule has 1 rings (SSSR count). The second-order valence-corrected chi connectivity index (χ2v) is 4.08. The summed E-state index contributed by atoms with van der Waals surface area (Å²) in [4.78, 5) is 0. The van der Waals surface area contributed by atoms with Crippen LogP contribution in [0.5, 0.6) is 0 Å².